The quantitative estimate of drug-likeness (QED) is 0.614. The Hall–Kier alpha value is -1.63. The van der Waals surface area contributed by atoms with E-state index in [-0.39, 0.29) is 5.97 Å². The number of pyridine rings is 1. The number of aromatic nitrogens is 1. The molecule has 2 rings (SSSR count). The van der Waals surface area contributed by atoms with E-state index in [9.17, 15) is 4.79 Å². The highest BCUT2D eigenvalue weighted by molar-refractivity contribution is 14.1. The lowest BCUT2D eigenvalue weighted by molar-refractivity contribution is 0.0599. The standard InChI is InChI=1S/C14H12INO3/c1-18-14(17)12-5-4-10(7-13(12)15)9-19-11-3-2-6-16-8-11/h2-8H,9H2,1H3. The molecule has 1 aromatic carbocycles. The Morgan fingerprint density at radius 2 is 2.21 bits per heavy atom. The zero-order valence-electron chi connectivity index (χ0n) is 10.3. The minimum Gasteiger partial charge on any atom is -0.487 e. The summed E-state index contributed by atoms with van der Waals surface area (Å²) in [6.07, 6.45) is 3.36. The second-order valence-electron chi connectivity index (χ2n) is 3.78. The zero-order valence-corrected chi connectivity index (χ0v) is 12.5. The van der Waals surface area contributed by atoms with Crippen LogP contribution in [0.2, 0.25) is 0 Å². The number of carbonyl (C=O) groups is 1. The normalized spacial score (nSPS) is 10.0. The van der Waals surface area contributed by atoms with Gasteiger partial charge in [0.1, 0.15) is 12.4 Å². The number of hydrogen-bond acceptors (Lipinski definition) is 4. The van der Waals surface area contributed by atoms with Crippen LogP contribution in [0.15, 0.2) is 42.7 Å². The molecule has 0 aliphatic heterocycles. The van der Waals surface area contributed by atoms with E-state index < -0.39 is 0 Å². The van der Waals surface area contributed by atoms with Crippen LogP contribution < -0.4 is 4.74 Å². The van der Waals surface area contributed by atoms with E-state index in [0.29, 0.717) is 12.2 Å². The van der Waals surface area contributed by atoms with Gasteiger partial charge in [0.15, 0.2) is 0 Å². The van der Waals surface area contributed by atoms with Gasteiger partial charge < -0.3 is 9.47 Å². The molecular formula is C14H12INO3. The fourth-order valence-corrected chi connectivity index (χ4v) is 2.32. The third kappa shape index (κ3) is 3.66. The number of halogens is 1. The Kier molecular flexibility index (Phi) is 4.73. The van der Waals surface area contributed by atoms with Gasteiger partial charge in [0.25, 0.3) is 0 Å². The van der Waals surface area contributed by atoms with Gasteiger partial charge in [0, 0.05) is 9.77 Å². The molecule has 0 N–H and O–H groups in total. The van der Waals surface area contributed by atoms with E-state index in [4.69, 9.17) is 9.47 Å². The summed E-state index contributed by atoms with van der Waals surface area (Å²) in [5.41, 5.74) is 1.55. The SMILES string of the molecule is COC(=O)c1ccc(COc2cccnc2)cc1I. The maximum absolute atomic E-state index is 11.5. The molecule has 0 radical (unpaired) electrons. The van der Waals surface area contributed by atoms with Crippen LogP contribution in [0.25, 0.3) is 0 Å². The summed E-state index contributed by atoms with van der Waals surface area (Å²) in [6.45, 7) is 0.434. The largest absolute Gasteiger partial charge is 0.487 e. The first-order valence-electron chi connectivity index (χ1n) is 5.60. The number of rotatable bonds is 4. The highest BCUT2D eigenvalue weighted by Crippen LogP contribution is 2.17. The summed E-state index contributed by atoms with van der Waals surface area (Å²) in [7, 11) is 1.37. The van der Waals surface area contributed by atoms with Crippen LogP contribution in [0, 0.1) is 3.57 Å². The van der Waals surface area contributed by atoms with Crippen LogP contribution in [-0.4, -0.2) is 18.1 Å². The lowest BCUT2D eigenvalue weighted by atomic mass is 10.1. The van der Waals surface area contributed by atoms with Crippen molar-refractivity contribution >= 4 is 28.6 Å². The number of methoxy groups -OCH3 is 1. The van der Waals surface area contributed by atoms with Gasteiger partial charge >= 0.3 is 5.97 Å². The molecule has 0 bridgehead atoms. The smallest absolute Gasteiger partial charge is 0.338 e. The summed E-state index contributed by atoms with van der Waals surface area (Å²) in [5.74, 6) is 0.388. The molecule has 1 heterocycles. The number of hydrogen-bond donors (Lipinski definition) is 0. The van der Waals surface area contributed by atoms with Crippen molar-refractivity contribution in [3.63, 3.8) is 0 Å². The van der Waals surface area contributed by atoms with E-state index in [2.05, 4.69) is 27.6 Å². The Labute approximate surface area is 124 Å². The molecule has 0 spiro atoms. The lowest BCUT2D eigenvalue weighted by Crippen LogP contribution is -2.05. The molecule has 0 saturated carbocycles. The monoisotopic (exact) mass is 369 g/mol. The summed E-state index contributed by atoms with van der Waals surface area (Å²) < 4.78 is 11.1. The summed E-state index contributed by atoms with van der Waals surface area (Å²) in [6, 6.07) is 9.17. The molecule has 0 saturated heterocycles. The molecule has 1 aromatic heterocycles. The van der Waals surface area contributed by atoms with Crippen molar-refractivity contribution < 1.29 is 14.3 Å². The molecule has 0 fully saturated rings. The molecule has 19 heavy (non-hydrogen) atoms. The number of benzene rings is 1. The van der Waals surface area contributed by atoms with E-state index in [1.807, 2.05) is 24.3 Å². The molecule has 5 heteroatoms. The third-order valence-corrected chi connectivity index (χ3v) is 3.37. The van der Waals surface area contributed by atoms with Crippen LogP contribution in [-0.2, 0) is 11.3 Å². The maximum atomic E-state index is 11.5. The van der Waals surface area contributed by atoms with Gasteiger partial charge in [0.2, 0.25) is 0 Å². The molecule has 2 aromatic rings. The Morgan fingerprint density at radius 1 is 1.37 bits per heavy atom. The third-order valence-electron chi connectivity index (χ3n) is 2.48. The second-order valence-corrected chi connectivity index (χ2v) is 4.95. The average Bonchev–Trinajstić information content (AvgIpc) is 2.45. The van der Waals surface area contributed by atoms with Crippen molar-refractivity contribution in [2.75, 3.05) is 7.11 Å². The fourth-order valence-electron chi connectivity index (χ4n) is 1.52. The minimum atomic E-state index is -0.330. The maximum Gasteiger partial charge on any atom is 0.338 e. The van der Waals surface area contributed by atoms with Crippen molar-refractivity contribution in [2.45, 2.75) is 6.61 Å². The van der Waals surface area contributed by atoms with E-state index in [1.54, 1.807) is 18.5 Å². The van der Waals surface area contributed by atoms with Crippen LogP contribution in [0.5, 0.6) is 5.75 Å². The summed E-state index contributed by atoms with van der Waals surface area (Å²) in [5, 5.41) is 0. The first kappa shape index (κ1) is 13.8. The van der Waals surface area contributed by atoms with Gasteiger partial charge in [-0.1, -0.05) is 6.07 Å². The van der Waals surface area contributed by atoms with Gasteiger partial charge in [-0.25, -0.2) is 4.79 Å². The first-order valence-corrected chi connectivity index (χ1v) is 6.68. The number of nitrogens with zero attached hydrogens (tertiary/aromatic N) is 1. The zero-order chi connectivity index (χ0) is 13.7. The topological polar surface area (TPSA) is 48.4 Å². The predicted octanol–water partition coefficient (Wildman–Crippen LogP) is 3.05. The van der Waals surface area contributed by atoms with Gasteiger partial charge in [-0.2, -0.15) is 0 Å². The van der Waals surface area contributed by atoms with Crippen LogP contribution in [0.3, 0.4) is 0 Å². The number of esters is 1. The molecule has 0 amide bonds. The van der Waals surface area contributed by atoms with E-state index in [1.165, 1.54) is 7.11 Å². The first-order chi connectivity index (χ1) is 9.20. The molecule has 0 unspecified atom stereocenters. The van der Waals surface area contributed by atoms with Crippen molar-refractivity contribution in [3.05, 3.63) is 57.4 Å². The Balaban J connectivity index is 2.06. The summed E-state index contributed by atoms with van der Waals surface area (Å²) in [4.78, 5) is 15.4. The van der Waals surface area contributed by atoms with Crippen LogP contribution in [0.1, 0.15) is 15.9 Å². The van der Waals surface area contributed by atoms with Gasteiger partial charge in [-0.3, -0.25) is 4.98 Å². The molecule has 0 atom stereocenters. The van der Waals surface area contributed by atoms with Crippen molar-refractivity contribution in [3.8, 4) is 5.75 Å². The summed E-state index contributed by atoms with van der Waals surface area (Å²) >= 11 is 2.11. The number of carbonyl (C=O) groups excluding carboxylic acids is 1. The van der Waals surface area contributed by atoms with Gasteiger partial charge in [0.05, 0.1) is 18.9 Å². The highest BCUT2D eigenvalue weighted by Gasteiger charge is 2.10. The van der Waals surface area contributed by atoms with E-state index >= 15 is 0 Å². The van der Waals surface area contributed by atoms with E-state index in [0.717, 1.165) is 14.9 Å². The molecule has 0 aliphatic carbocycles. The lowest BCUT2D eigenvalue weighted by Gasteiger charge is -2.08. The van der Waals surface area contributed by atoms with Crippen LogP contribution >= 0.6 is 22.6 Å². The Bertz CT molecular complexity index is 572. The molecular weight excluding hydrogens is 357 g/mol. The molecule has 0 aliphatic rings. The Morgan fingerprint density at radius 3 is 2.84 bits per heavy atom. The minimum absolute atomic E-state index is 0.330. The second kappa shape index (κ2) is 6.51. The highest BCUT2D eigenvalue weighted by atomic mass is 127. The number of ether oxygens (including phenoxy) is 2. The average molecular weight is 369 g/mol. The predicted molar refractivity (Wildman–Crippen MR) is 79.1 cm³/mol. The van der Waals surface area contributed by atoms with Crippen molar-refractivity contribution in [1.29, 1.82) is 0 Å². The van der Waals surface area contributed by atoms with Crippen molar-refractivity contribution in [1.82, 2.24) is 4.98 Å². The molecule has 4 nitrogen and oxygen atoms in total. The molecule has 98 valence electrons. The fraction of sp³-hybridized carbons (Fsp3) is 0.143. The van der Waals surface area contributed by atoms with Crippen LogP contribution in [0.4, 0.5) is 0 Å². The van der Waals surface area contributed by atoms with Gasteiger partial charge in [-0.15, -0.1) is 0 Å². The van der Waals surface area contributed by atoms with Gasteiger partial charge in [-0.05, 0) is 52.4 Å². The van der Waals surface area contributed by atoms with Crippen molar-refractivity contribution in [2.24, 2.45) is 0 Å².